The highest BCUT2D eigenvalue weighted by Gasteiger charge is 2.13. The van der Waals surface area contributed by atoms with Gasteiger partial charge in [0.05, 0.1) is 15.9 Å². The van der Waals surface area contributed by atoms with E-state index >= 15 is 0 Å². The van der Waals surface area contributed by atoms with Gasteiger partial charge < -0.3 is 9.80 Å². The molecular weight excluding hydrogens is 292 g/mol. The van der Waals surface area contributed by atoms with Gasteiger partial charge in [-0.05, 0) is 63.0 Å². The van der Waals surface area contributed by atoms with Crippen molar-refractivity contribution in [2.45, 2.75) is 26.3 Å². The molecule has 0 radical (unpaired) electrons. The number of aromatic nitrogens is 2. The Morgan fingerprint density at radius 3 is 2.39 bits per heavy atom. The maximum Gasteiger partial charge on any atom is 0.0767 e. The van der Waals surface area contributed by atoms with Crippen LogP contribution in [-0.4, -0.2) is 53.8 Å². The highest BCUT2D eigenvalue weighted by atomic mass is 79.9. The lowest BCUT2D eigenvalue weighted by molar-refractivity contribution is 0.288. The lowest BCUT2D eigenvalue weighted by atomic mass is 10.3. The van der Waals surface area contributed by atoms with Crippen LogP contribution in [0.1, 0.15) is 24.7 Å². The Kier molecular flexibility index (Phi) is 6.32. The van der Waals surface area contributed by atoms with Gasteiger partial charge in [0.1, 0.15) is 0 Å². The molecule has 1 heterocycles. The van der Waals surface area contributed by atoms with E-state index in [4.69, 9.17) is 0 Å². The second-order valence-electron chi connectivity index (χ2n) is 5.08. The lowest BCUT2D eigenvalue weighted by Crippen LogP contribution is -2.24. The molecule has 0 atom stereocenters. The van der Waals surface area contributed by atoms with Crippen molar-refractivity contribution in [3.8, 4) is 0 Å². The first-order valence-corrected chi connectivity index (χ1v) is 7.28. The molecule has 1 rings (SSSR count). The van der Waals surface area contributed by atoms with Crippen molar-refractivity contribution in [3.63, 3.8) is 0 Å². The van der Waals surface area contributed by atoms with E-state index in [0.717, 1.165) is 31.7 Å². The molecule has 18 heavy (non-hydrogen) atoms. The van der Waals surface area contributed by atoms with Crippen LogP contribution in [0.4, 0.5) is 0 Å². The van der Waals surface area contributed by atoms with Crippen LogP contribution in [0.5, 0.6) is 0 Å². The normalized spacial score (nSPS) is 11.8. The lowest BCUT2D eigenvalue weighted by Gasteiger charge is -2.18. The van der Waals surface area contributed by atoms with Gasteiger partial charge in [0, 0.05) is 13.6 Å². The minimum atomic E-state index is 0.942. The van der Waals surface area contributed by atoms with Crippen LogP contribution in [0.3, 0.4) is 0 Å². The summed E-state index contributed by atoms with van der Waals surface area (Å²) in [5, 5.41) is 4.53. The molecule has 0 N–H and O–H groups in total. The van der Waals surface area contributed by atoms with Gasteiger partial charge in [0.25, 0.3) is 0 Å². The van der Waals surface area contributed by atoms with E-state index in [1.807, 2.05) is 11.7 Å². The van der Waals surface area contributed by atoms with Crippen LogP contribution < -0.4 is 0 Å². The van der Waals surface area contributed by atoms with E-state index < -0.39 is 0 Å². The van der Waals surface area contributed by atoms with Crippen LogP contribution in [-0.2, 0) is 20.0 Å². The predicted molar refractivity (Wildman–Crippen MR) is 79.8 cm³/mol. The minimum Gasteiger partial charge on any atom is -0.309 e. The highest BCUT2D eigenvalue weighted by Crippen LogP contribution is 2.22. The summed E-state index contributed by atoms with van der Waals surface area (Å²) in [5.74, 6) is 0. The van der Waals surface area contributed by atoms with Gasteiger partial charge in [-0.15, -0.1) is 0 Å². The van der Waals surface area contributed by atoms with Crippen molar-refractivity contribution < 1.29 is 0 Å². The van der Waals surface area contributed by atoms with Gasteiger partial charge in [-0.1, -0.05) is 6.92 Å². The molecule has 0 aliphatic rings. The number of aryl methyl sites for hydroxylation is 2. The molecule has 5 heteroatoms. The van der Waals surface area contributed by atoms with Crippen LogP contribution in [0.25, 0.3) is 0 Å². The fourth-order valence-electron chi connectivity index (χ4n) is 1.98. The molecule has 1 aromatic heterocycles. The standard InChI is InChI=1S/C13H25BrN4/c1-6-11-13(14)12(18(5)15-11)10-17(4)9-7-8-16(2)3/h6-10H2,1-5H3. The molecule has 0 aliphatic heterocycles. The third-order valence-electron chi connectivity index (χ3n) is 3.07. The van der Waals surface area contributed by atoms with Crippen LogP contribution >= 0.6 is 15.9 Å². The monoisotopic (exact) mass is 316 g/mol. The Balaban J connectivity index is 2.53. The SMILES string of the molecule is CCc1nn(C)c(CN(C)CCCN(C)C)c1Br. The number of nitrogens with zero attached hydrogens (tertiary/aromatic N) is 4. The third kappa shape index (κ3) is 4.37. The van der Waals surface area contributed by atoms with E-state index in [1.54, 1.807) is 0 Å². The van der Waals surface area contributed by atoms with Gasteiger partial charge in [0.2, 0.25) is 0 Å². The fourth-order valence-corrected chi connectivity index (χ4v) is 2.72. The van der Waals surface area contributed by atoms with Gasteiger partial charge in [-0.3, -0.25) is 4.68 Å². The second-order valence-corrected chi connectivity index (χ2v) is 5.87. The fraction of sp³-hybridized carbons (Fsp3) is 0.769. The Labute approximate surface area is 119 Å². The summed E-state index contributed by atoms with van der Waals surface area (Å²) in [6.45, 7) is 5.32. The van der Waals surface area contributed by atoms with Crippen LogP contribution in [0, 0.1) is 0 Å². The number of halogens is 1. The van der Waals surface area contributed by atoms with E-state index in [0.29, 0.717) is 0 Å². The molecule has 0 amide bonds. The molecule has 0 bridgehead atoms. The molecule has 0 saturated heterocycles. The molecule has 0 spiro atoms. The predicted octanol–water partition coefficient (Wildman–Crippen LogP) is 2.13. The molecular formula is C13H25BrN4. The first kappa shape index (κ1) is 15.7. The second kappa shape index (κ2) is 7.26. The third-order valence-corrected chi connectivity index (χ3v) is 3.98. The number of rotatable bonds is 7. The summed E-state index contributed by atoms with van der Waals surface area (Å²) in [6, 6.07) is 0. The summed E-state index contributed by atoms with van der Waals surface area (Å²) in [6.07, 6.45) is 2.17. The molecule has 0 saturated carbocycles. The van der Waals surface area contributed by atoms with Crippen molar-refractivity contribution in [1.29, 1.82) is 0 Å². The first-order chi connectivity index (χ1) is 8.45. The van der Waals surface area contributed by atoms with Crippen LogP contribution in [0.15, 0.2) is 4.47 Å². The van der Waals surface area contributed by atoms with Gasteiger partial charge in [-0.2, -0.15) is 5.10 Å². The summed E-state index contributed by atoms with van der Waals surface area (Å²) >= 11 is 3.66. The summed E-state index contributed by atoms with van der Waals surface area (Å²) in [4.78, 5) is 4.58. The molecule has 0 aliphatic carbocycles. The molecule has 1 aromatic rings. The number of hydrogen-bond donors (Lipinski definition) is 0. The van der Waals surface area contributed by atoms with Crippen molar-refractivity contribution >= 4 is 15.9 Å². The quantitative estimate of drug-likeness (QED) is 0.770. The maximum absolute atomic E-state index is 4.53. The Hall–Kier alpha value is -0.390. The zero-order chi connectivity index (χ0) is 13.7. The van der Waals surface area contributed by atoms with Crippen LogP contribution in [0.2, 0.25) is 0 Å². The summed E-state index contributed by atoms with van der Waals surface area (Å²) in [7, 11) is 8.42. The van der Waals surface area contributed by atoms with Crippen molar-refractivity contribution in [2.75, 3.05) is 34.2 Å². The van der Waals surface area contributed by atoms with Crippen molar-refractivity contribution in [1.82, 2.24) is 19.6 Å². The van der Waals surface area contributed by atoms with Crippen molar-refractivity contribution in [2.24, 2.45) is 7.05 Å². The summed E-state index contributed by atoms with van der Waals surface area (Å²) in [5.41, 5.74) is 2.41. The van der Waals surface area contributed by atoms with Gasteiger partial charge >= 0.3 is 0 Å². The molecule has 0 unspecified atom stereocenters. The molecule has 4 nitrogen and oxygen atoms in total. The van der Waals surface area contributed by atoms with E-state index in [2.05, 4.69) is 58.9 Å². The smallest absolute Gasteiger partial charge is 0.0767 e. The Bertz CT molecular complexity index is 373. The number of hydrogen-bond acceptors (Lipinski definition) is 3. The summed E-state index contributed by atoms with van der Waals surface area (Å²) < 4.78 is 3.16. The Morgan fingerprint density at radius 1 is 1.22 bits per heavy atom. The van der Waals surface area contributed by atoms with E-state index in [1.165, 1.54) is 16.6 Å². The van der Waals surface area contributed by atoms with E-state index in [-0.39, 0.29) is 0 Å². The maximum atomic E-state index is 4.53. The van der Waals surface area contributed by atoms with Gasteiger partial charge in [0.15, 0.2) is 0 Å². The minimum absolute atomic E-state index is 0.942. The molecule has 0 aromatic carbocycles. The average molecular weight is 317 g/mol. The topological polar surface area (TPSA) is 24.3 Å². The largest absolute Gasteiger partial charge is 0.309 e. The zero-order valence-corrected chi connectivity index (χ0v) is 13.8. The molecule has 104 valence electrons. The Morgan fingerprint density at radius 2 is 1.89 bits per heavy atom. The highest BCUT2D eigenvalue weighted by molar-refractivity contribution is 9.10. The zero-order valence-electron chi connectivity index (χ0n) is 12.2. The first-order valence-electron chi connectivity index (χ1n) is 6.49. The van der Waals surface area contributed by atoms with Gasteiger partial charge in [-0.25, -0.2) is 0 Å². The van der Waals surface area contributed by atoms with Crippen molar-refractivity contribution in [3.05, 3.63) is 15.9 Å². The average Bonchev–Trinajstić information content (AvgIpc) is 2.56. The van der Waals surface area contributed by atoms with E-state index in [9.17, 15) is 0 Å². The molecule has 0 fully saturated rings.